The van der Waals surface area contributed by atoms with Crippen molar-refractivity contribution in [2.75, 3.05) is 13.3 Å². The van der Waals surface area contributed by atoms with Gasteiger partial charge < -0.3 is 10.8 Å². The van der Waals surface area contributed by atoms with Crippen LogP contribution in [-0.2, 0) is 0 Å². The lowest BCUT2D eigenvalue weighted by Crippen LogP contribution is -2.71. The number of hydrogen-bond donors (Lipinski definition) is 2. The molecule has 0 unspecified atom stereocenters. The molecule has 0 amide bonds. The van der Waals surface area contributed by atoms with E-state index in [0.29, 0.717) is 0 Å². The third-order valence-electron chi connectivity index (χ3n) is 4.57. The van der Waals surface area contributed by atoms with E-state index < -0.39 is 29.9 Å². The Hall–Kier alpha value is -0.220. The van der Waals surface area contributed by atoms with Gasteiger partial charge >= 0.3 is 0 Å². The summed E-state index contributed by atoms with van der Waals surface area (Å²) in [5, 5.41) is 10.4. The Morgan fingerprint density at radius 1 is 1.00 bits per heavy atom. The number of halogens is 2. The fourth-order valence-electron chi connectivity index (χ4n) is 3.41. The molecule has 0 aromatic heterocycles. The van der Waals surface area contributed by atoms with E-state index in [4.69, 9.17) is 5.73 Å². The summed E-state index contributed by atoms with van der Waals surface area (Å²) in [5.74, 6) is 0. The van der Waals surface area contributed by atoms with Crippen molar-refractivity contribution in [3.63, 3.8) is 0 Å². The van der Waals surface area contributed by atoms with E-state index in [1.165, 1.54) is 0 Å². The summed E-state index contributed by atoms with van der Waals surface area (Å²) in [4.78, 5) is 0. The minimum absolute atomic E-state index is 0.184. The number of hydrogen-bond acceptors (Lipinski definition) is 2. The first-order valence-electron chi connectivity index (χ1n) is 6.13. The monoisotopic (exact) mass is 233 g/mol. The van der Waals surface area contributed by atoms with Crippen LogP contribution in [0.1, 0.15) is 44.9 Å². The molecule has 0 aromatic rings. The highest BCUT2D eigenvalue weighted by molar-refractivity contribution is 5.16. The van der Waals surface area contributed by atoms with Gasteiger partial charge in [-0.25, -0.2) is 0 Å². The number of alkyl halides is 2. The van der Waals surface area contributed by atoms with E-state index >= 15 is 0 Å². The summed E-state index contributed by atoms with van der Waals surface area (Å²) in [7, 11) is 0. The van der Waals surface area contributed by atoms with Crippen molar-refractivity contribution in [2.24, 2.45) is 11.1 Å². The fraction of sp³-hybridized carbons (Fsp3) is 1.00. The minimum atomic E-state index is -1.04. The van der Waals surface area contributed by atoms with E-state index in [9.17, 15) is 13.9 Å². The van der Waals surface area contributed by atoms with Gasteiger partial charge in [0.2, 0.25) is 0 Å². The van der Waals surface area contributed by atoms with Crippen LogP contribution in [0.15, 0.2) is 0 Å². The SMILES string of the molecule is NC1(C2(O)CC(CF)(CF)C2)CCCCC1. The summed E-state index contributed by atoms with van der Waals surface area (Å²) in [5.41, 5.74) is 3.64. The lowest BCUT2D eigenvalue weighted by Gasteiger charge is -2.59. The third-order valence-corrected chi connectivity index (χ3v) is 4.57. The van der Waals surface area contributed by atoms with Gasteiger partial charge in [0.25, 0.3) is 0 Å². The van der Waals surface area contributed by atoms with Gasteiger partial charge in [0.15, 0.2) is 0 Å². The van der Waals surface area contributed by atoms with E-state index in [1.807, 2.05) is 0 Å². The van der Waals surface area contributed by atoms with Crippen molar-refractivity contribution in [2.45, 2.75) is 56.1 Å². The minimum Gasteiger partial charge on any atom is -0.388 e. The molecule has 2 aliphatic rings. The molecule has 2 rings (SSSR count). The van der Waals surface area contributed by atoms with Crippen molar-refractivity contribution < 1.29 is 13.9 Å². The van der Waals surface area contributed by atoms with E-state index in [1.54, 1.807) is 0 Å². The van der Waals surface area contributed by atoms with Crippen molar-refractivity contribution in [1.82, 2.24) is 0 Å². The lowest BCUT2D eigenvalue weighted by atomic mass is 9.51. The van der Waals surface area contributed by atoms with Crippen LogP contribution >= 0.6 is 0 Å². The smallest absolute Gasteiger partial charge is 0.0977 e. The average Bonchev–Trinajstić information content (AvgIpc) is 2.25. The Kier molecular flexibility index (Phi) is 2.99. The van der Waals surface area contributed by atoms with Gasteiger partial charge in [0, 0.05) is 11.0 Å². The standard InChI is InChI=1S/C12H21F2NO/c13-8-10(9-14)6-12(16,7-10)11(15)4-2-1-3-5-11/h16H,1-9,15H2. The van der Waals surface area contributed by atoms with Crippen LogP contribution in [-0.4, -0.2) is 29.6 Å². The molecule has 0 aliphatic heterocycles. The van der Waals surface area contributed by atoms with Gasteiger partial charge in [-0.1, -0.05) is 19.3 Å². The number of rotatable bonds is 3. The molecule has 0 atom stereocenters. The average molecular weight is 233 g/mol. The van der Waals surface area contributed by atoms with Gasteiger partial charge in [-0.05, 0) is 25.7 Å². The molecule has 4 heteroatoms. The molecule has 2 saturated carbocycles. The second kappa shape index (κ2) is 3.91. The maximum absolute atomic E-state index is 12.7. The zero-order valence-corrected chi connectivity index (χ0v) is 9.64. The summed E-state index contributed by atoms with van der Waals surface area (Å²) in [6, 6.07) is 0. The molecule has 2 fully saturated rings. The summed E-state index contributed by atoms with van der Waals surface area (Å²) in [6.45, 7) is -1.39. The first kappa shape index (κ1) is 12.2. The predicted octanol–water partition coefficient (Wildman–Crippen LogP) is 2.10. The third kappa shape index (κ3) is 1.66. The zero-order chi connectivity index (χ0) is 11.9. The van der Waals surface area contributed by atoms with Crippen LogP contribution in [0.5, 0.6) is 0 Å². The largest absolute Gasteiger partial charge is 0.388 e. The first-order valence-corrected chi connectivity index (χ1v) is 6.13. The Morgan fingerprint density at radius 3 is 1.94 bits per heavy atom. The maximum Gasteiger partial charge on any atom is 0.0977 e. The summed E-state index contributed by atoms with van der Waals surface area (Å²) in [6.07, 6.45) is 5.09. The topological polar surface area (TPSA) is 46.2 Å². The molecule has 16 heavy (non-hydrogen) atoms. The van der Waals surface area contributed by atoms with Gasteiger partial charge in [0.05, 0.1) is 19.0 Å². The van der Waals surface area contributed by atoms with Crippen LogP contribution in [0, 0.1) is 5.41 Å². The van der Waals surface area contributed by atoms with E-state index in [2.05, 4.69) is 0 Å². The highest BCUT2D eigenvalue weighted by Gasteiger charge is 2.62. The quantitative estimate of drug-likeness (QED) is 0.784. The second-order valence-electron chi connectivity index (χ2n) is 5.87. The number of nitrogens with two attached hydrogens (primary N) is 1. The molecular formula is C12H21F2NO. The Bertz CT molecular complexity index is 252. The van der Waals surface area contributed by atoms with Crippen LogP contribution in [0.25, 0.3) is 0 Å². The molecule has 0 saturated heterocycles. The second-order valence-corrected chi connectivity index (χ2v) is 5.87. The van der Waals surface area contributed by atoms with Crippen molar-refractivity contribution in [3.05, 3.63) is 0 Å². The molecular weight excluding hydrogens is 212 g/mol. The van der Waals surface area contributed by atoms with Crippen LogP contribution in [0.3, 0.4) is 0 Å². The maximum atomic E-state index is 12.7. The van der Waals surface area contributed by atoms with E-state index in [-0.39, 0.29) is 12.8 Å². The van der Waals surface area contributed by atoms with E-state index in [0.717, 1.165) is 32.1 Å². The molecule has 0 aromatic carbocycles. The summed E-state index contributed by atoms with van der Waals surface area (Å²) >= 11 is 0. The van der Waals surface area contributed by atoms with Gasteiger partial charge in [-0.15, -0.1) is 0 Å². The molecule has 2 aliphatic carbocycles. The fourth-order valence-corrected chi connectivity index (χ4v) is 3.41. The van der Waals surface area contributed by atoms with Gasteiger partial charge in [-0.3, -0.25) is 8.78 Å². The Labute approximate surface area is 95.2 Å². The Balaban J connectivity index is 2.05. The van der Waals surface area contributed by atoms with Crippen molar-refractivity contribution in [1.29, 1.82) is 0 Å². The van der Waals surface area contributed by atoms with Crippen LogP contribution < -0.4 is 5.73 Å². The molecule has 0 heterocycles. The summed E-state index contributed by atoms with van der Waals surface area (Å²) < 4.78 is 25.5. The van der Waals surface area contributed by atoms with Crippen LogP contribution in [0.2, 0.25) is 0 Å². The van der Waals surface area contributed by atoms with Crippen LogP contribution in [0.4, 0.5) is 8.78 Å². The normalized spacial score (nSPS) is 30.8. The van der Waals surface area contributed by atoms with Gasteiger partial charge in [0.1, 0.15) is 0 Å². The van der Waals surface area contributed by atoms with Gasteiger partial charge in [-0.2, -0.15) is 0 Å². The molecule has 0 spiro atoms. The molecule has 0 bridgehead atoms. The molecule has 2 nitrogen and oxygen atoms in total. The molecule has 0 radical (unpaired) electrons. The van der Waals surface area contributed by atoms with Crippen molar-refractivity contribution in [3.8, 4) is 0 Å². The highest BCUT2D eigenvalue weighted by atomic mass is 19.1. The first-order chi connectivity index (χ1) is 7.49. The Morgan fingerprint density at radius 2 is 1.50 bits per heavy atom. The molecule has 94 valence electrons. The predicted molar refractivity (Wildman–Crippen MR) is 58.6 cm³/mol. The zero-order valence-electron chi connectivity index (χ0n) is 9.64. The molecule has 3 N–H and O–H groups in total. The highest BCUT2D eigenvalue weighted by Crippen LogP contribution is 2.56. The van der Waals surface area contributed by atoms with Crippen molar-refractivity contribution >= 4 is 0 Å². The lowest BCUT2D eigenvalue weighted by molar-refractivity contribution is -0.191. The number of aliphatic hydroxyl groups is 1.